The highest BCUT2D eigenvalue weighted by molar-refractivity contribution is 6.29. The van der Waals surface area contributed by atoms with Gasteiger partial charge in [0.25, 0.3) is 5.91 Å². The molecule has 1 atom stereocenters. The summed E-state index contributed by atoms with van der Waals surface area (Å²) in [5.74, 6) is 0.219. The van der Waals surface area contributed by atoms with Gasteiger partial charge in [-0.2, -0.15) is 0 Å². The molecule has 1 aliphatic heterocycles. The van der Waals surface area contributed by atoms with Crippen molar-refractivity contribution < 1.29 is 14.3 Å². The van der Waals surface area contributed by atoms with Crippen LogP contribution in [0.25, 0.3) is 0 Å². The highest BCUT2D eigenvalue weighted by Crippen LogP contribution is 2.36. The molecular weight excluding hydrogens is 304 g/mol. The summed E-state index contributed by atoms with van der Waals surface area (Å²) >= 11 is 5.50. The molecule has 5 nitrogen and oxygen atoms in total. The van der Waals surface area contributed by atoms with Crippen LogP contribution >= 0.6 is 11.6 Å². The predicted octanol–water partition coefficient (Wildman–Crippen LogP) is 3.17. The molecule has 1 N–H and O–H groups in total. The zero-order chi connectivity index (χ0) is 16.1. The van der Waals surface area contributed by atoms with Gasteiger partial charge in [-0.1, -0.05) is 19.8 Å². The van der Waals surface area contributed by atoms with Gasteiger partial charge in [-0.25, -0.2) is 0 Å². The second-order valence-electron chi connectivity index (χ2n) is 5.32. The third-order valence-electron chi connectivity index (χ3n) is 3.56. The predicted molar refractivity (Wildman–Crippen MR) is 87.8 cm³/mol. The molecule has 2 rings (SSSR count). The van der Waals surface area contributed by atoms with Gasteiger partial charge in [-0.05, 0) is 31.5 Å². The number of rotatable bonds is 6. The average molecular weight is 325 g/mol. The van der Waals surface area contributed by atoms with Gasteiger partial charge in [0.2, 0.25) is 5.91 Å². The van der Waals surface area contributed by atoms with Crippen molar-refractivity contribution >= 4 is 34.8 Å². The van der Waals surface area contributed by atoms with E-state index in [-0.39, 0.29) is 17.7 Å². The number of anilines is 2. The van der Waals surface area contributed by atoms with Crippen LogP contribution in [-0.4, -0.2) is 30.3 Å². The first-order valence-corrected chi connectivity index (χ1v) is 8.08. The van der Waals surface area contributed by atoms with Gasteiger partial charge in [0.15, 0.2) is 6.10 Å². The number of amides is 2. The fourth-order valence-electron chi connectivity index (χ4n) is 2.43. The fraction of sp³-hybridized carbons (Fsp3) is 0.500. The van der Waals surface area contributed by atoms with Crippen LogP contribution < -0.4 is 15.0 Å². The molecule has 2 amide bonds. The summed E-state index contributed by atoms with van der Waals surface area (Å²) in [4.78, 5) is 25.5. The summed E-state index contributed by atoms with van der Waals surface area (Å²) in [6.45, 7) is 4.53. The Morgan fingerprint density at radius 3 is 2.86 bits per heavy atom. The van der Waals surface area contributed by atoms with Crippen LogP contribution in [0.3, 0.4) is 0 Å². The smallest absolute Gasteiger partial charge is 0.267 e. The highest BCUT2D eigenvalue weighted by atomic mass is 35.5. The Morgan fingerprint density at radius 2 is 2.18 bits per heavy atom. The molecule has 1 heterocycles. The van der Waals surface area contributed by atoms with Gasteiger partial charge in [0.1, 0.15) is 11.6 Å². The zero-order valence-corrected chi connectivity index (χ0v) is 13.7. The van der Waals surface area contributed by atoms with Crippen LogP contribution in [0, 0.1) is 0 Å². The largest absolute Gasteiger partial charge is 0.479 e. The second kappa shape index (κ2) is 7.49. The number of nitrogens with zero attached hydrogens (tertiary/aromatic N) is 1. The number of nitrogens with one attached hydrogen (secondary N) is 1. The second-order valence-corrected chi connectivity index (χ2v) is 5.59. The van der Waals surface area contributed by atoms with Gasteiger partial charge >= 0.3 is 0 Å². The minimum atomic E-state index is -0.489. The SMILES string of the molecule is CCCCCN1C(=O)C(C)Oc2ccc(NC(=O)CCl)cc21. The molecule has 0 radical (unpaired) electrons. The monoisotopic (exact) mass is 324 g/mol. The Bertz CT molecular complexity index is 562. The highest BCUT2D eigenvalue weighted by Gasteiger charge is 2.31. The van der Waals surface area contributed by atoms with E-state index >= 15 is 0 Å². The topological polar surface area (TPSA) is 58.6 Å². The van der Waals surface area contributed by atoms with Crippen LogP contribution in [0.5, 0.6) is 5.75 Å². The van der Waals surface area contributed by atoms with Gasteiger partial charge in [-0.15, -0.1) is 11.6 Å². The van der Waals surface area contributed by atoms with E-state index in [9.17, 15) is 9.59 Å². The Labute approximate surface area is 135 Å². The van der Waals surface area contributed by atoms with Crippen LogP contribution in [0.2, 0.25) is 0 Å². The van der Waals surface area contributed by atoms with Crippen LogP contribution in [-0.2, 0) is 9.59 Å². The molecule has 0 bridgehead atoms. The third-order valence-corrected chi connectivity index (χ3v) is 3.80. The van der Waals surface area contributed by atoms with Crippen molar-refractivity contribution in [2.75, 3.05) is 22.6 Å². The lowest BCUT2D eigenvalue weighted by Gasteiger charge is -2.33. The number of alkyl halides is 1. The molecule has 1 unspecified atom stereocenters. The summed E-state index contributed by atoms with van der Waals surface area (Å²) in [6.07, 6.45) is 2.61. The number of unbranched alkanes of at least 4 members (excludes halogenated alkanes) is 2. The average Bonchev–Trinajstić information content (AvgIpc) is 2.51. The molecule has 0 spiro atoms. The summed E-state index contributed by atoms with van der Waals surface area (Å²) in [7, 11) is 0. The number of halogens is 1. The van der Waals surface area contributed by atoms with E-state index in [2.05, 4.69) is 12.2 Å². The van der Waals surface area contributed by atoms with Crippen LogP contribution in [0.4, 0.5) is 11.4 Å². The Balaban J connectivity index is 2.26. The van der Waals surface area contributed by atoms with Crippen molar-refractivity contribution in [3.8, 4) is 5.75 Å². The molecule has 1 aromatic carbocycles. The van der Waals surface area contributed by atoms with Gasteiger partial charge in [0.05, 0.1) is 5.69 Å². The van der Waals surface area contributed by atoms with E-state index in [4.69, 9.17) is 16.3 Å². The number of fused-ring (bicyclic) bond motifs is 1. The standard InChI is InChI=1S/C16H21ClN2O3/c1-3-4-5-8-19-13-9-12(18-15(20)10-17)6-7-14(13)22-11(2)16(19)21/h6-7,9,11H,3-5,8,10H2,1-2H3,(H,18,20). The van der Waals surface area contributed by atoms with E-state index in [1.54, 1.807) is 30.0 Å². The molecular formula is C16H21ClN2O3. The molecule has 6 heteroatoms. The minimum absolute atomic E-state index is 0.0515. The molecule has 0 aromatic heterocycles. The molecule has 1 aromatic rings. The van der Waals surface area contributed by atoms with Gasteiger partial charge in [-0.3, -0.25) is 9.59 Å². The maximum Gasteiger partial charge on any atom is 0.267 e. The van der Waals surface area contributed by atoms with Crippen LogP contribution in [0.1, 0.15) is 33.1 Å². The third kappa shape index (κ3) is 3.71. The van der Waals surface area contributed by atoms with Crippen molar-refractivity contribution in [1.29, 1.82) is 0 Å². The summed E-state index contributed by atoms with van der Waals surface area (Å²) in [5, 5.41) is 2.69. The lowest BCUT2D eigenvalue weighted by molar-refractivity contribution is -0.125. The van der Waals surface area contributed by atoms with E-state index in [1.165, 1.54) is 0 Å². The Kier molecular flexibility index (Phi) is 5.66. The van der Waals surface area contributed by atoms with Crippen molar-refractivity contribution in [2.24, 2.45) is 0 Å². The maximum atomic E-state index is 12.4. The first-order chi connectivity index (χ1) is 10.6. The summed E-state index contributed by atoms with van der Waals surface area (Å²) in [6, 6.07) is 5.28. The molecule has 0 saturated heterocycles. The molecule has 0 saturated carbocycles. The van der Waals surface area contributed by atoms with Gasteiger partial charge in [0, 0.05) is 12.2 Å². The summed E-state index contributed by atoms with van der Waals surface area (Å²) < 4.78 is 5.64. The first-order valence-electron chi connectivity index (χ1n) is 7.54. The number of hydrogen-bond donors (Lipinski definition) is 1. The van der Waals surface area contributed by atoms with Gasteiger partial charge < -0.3 is 15.0 Å². The van der Waals surface area contributed by atoms with Crippen molar-refractivity contribution in [3.05, 3.63) is 18.2 Å². The Hall–Kier alpha value is -1.75. The van der Waals surface area contributed by atoms with E-state index in [0.29, 0.717) is 23.7 Å². The molecule has 22 heavy (non-hydrogen) atoms. The van der Waals surface area contributed by atoms with Crippen molar-refractivity contribution in [1.82, 2.24) is 0 Å². The quantitative estimate of drug-likeness (QED) is 0.646. The first kappa shape index (κ1) is 16.6. The lowest BCUT2D eigenvalue weighted by atomic mass is 10.1. The number of ether oxygens (including phenoxy) is 1. The maximum absolute atomic E-state index is 12.4. The van der Waals surface area contributed by atoms with E-state index < -0.39 is 6.10 Å². The molecule has 0 aliphatic carbocycles. The lowest BCUT2D eigenvalue weighted by Crippen LogP contribution is -2.44. The molecule has 0 fully saturated rings. The summed E-state index contributed by atoms with van der Waals surface area (Å²) in [5.41, 5.74) is 1.31. The molecule has 120 valence electrons. The molecule has 1 aliphatic rings. The normalized spacial score (nSPS) is 17.0. The number of carbonyl (C=O) groups is 2. The van der Waals surface area contributed by atoms with E-state index in [0.717, 1.165) is 19.3 Å². The van der Waals surface area contributed by atoms with Crippen molar-refractivity contribution in [3.63, 3.8) is 0 Å². The fourth-order valence-corrected chi connectivity index (χ4v) is 2.50. The number of hydrogen-bond acceptors (Lipinski definition) is 3. The zero-order valence-electron chi connectivity index (χ0n) is 12.9. The van der Waals surface area contributed by atoms with Crippen molar-refractivity contribution in [2.45, 2.75) is 39.2 Å². The Morgan fingerprint density at radius 1 is 1.41 bits per heavy atom. The number of benzene rings is 1. The number of carbonyl (C=O) groups excluding carboxylic acids is 2. The van der Waals surface area contributed by atoms with E-state index in [1.807, 2.05) is 0 Å². The minimum Gasteiger partial charge on any atom is -0.479 e. The van der Waals surface area contributed by atoms with Crippen LogP contribution in [0.15, 0.2) is 18.2 Å².